The number of hydrogen-bond acceptors (Lipinski definition) is 4. The number of aromatic nitrogens is 4. The van der Waals surface area contributed by atoms with Gasteiger partial charge in [0.05, 0.1) is 6.54 Å². The Morgan fingerprint density at radius 1 is 1.03 bits per heavy atom. The number of H-pyrrole nitrogens is 1. The molecule has 1 aliphatic rings. The number of alkyl halides is 3. The molecule has 39 heavy (non-hydrogen) atoms. The number of nitrogens with one attached hydrogen (secondary N) is 2. The van der Waals surface area contributed by atoms with Crippen molar-refractivity contribution in [2.24, 2.45) is 5.92 Å². The van der Waals surface area contributed by atoms with Crippen LogP contribution in [0.5, 0.6) is 0 Å². The van der Waals surface area contributed by atoms with E-state index in [9.17, 15) is 31.9 Å². The maximum atomic E-state index is 14.4. The molecule has 1 fully saturated rings. The van der Waals surface area contributed by atoms with Crippen LogP contribution in [0, 0.1) is 11.7 Å². The van der Waals surface area contributed by atoms with E-state index in [0.29, 0.717) is 17.9 Å². The molecule has 0 radical (unpaired) electrons. The van der Waals surface area contributed by atoms with Gasteiger partial charge in [0, 0.05) is 24.2 Å². The molecule has 0 saturated heterocycles. The highest BCUT2D eigenvalue weighted by molar-refractivity contribution is 5.94. The Hall–Kier alpha value is -4.22. The molecule has 12 heteroatoms. The zero-order valence-electron chi connectivity index (χ0n) is 20.7. The Balaban J connectivity index is 1.49. The second kappa shape index (κ2) is 10.5. The lowest BCUT2D eigenvalue weighted by Gasteiger charge is -2.15. The highest BCUT2D eigenvalue weighted by Gasteiger charge is 2.38. The van der Waals surface area contributed by atoms with Crippen LogP contribution in [0.25, 0.3) is 11.2 Å². The minimum absolute atomic E-state index is 0.0212. The SMILES string of the molecule is O=C(Nc1ccc(Cc2nc3c([nH]2)c(=O)n(Cc2ccccc2F)c(=O)n3CC2CCCC2)cc1)C(F)(F)F. The Bertz CT molecular complexity index is 1630. The van der Waals surface area contributed by atoms with E-state index in [4.69, 9.17) is 0 Å². The van der Waals surface area contributed by atoms with E-state index < -0.39 is 29.1 Å². The molecule has 4 aromatic rings. The molecule has 2 N–H and O–H groups in total. The standard InChI is InChI=1S/C27H25F4N5O3/c28-20-8-4-3-7-18(20)15-36-24(37)22-23(35(26(36)39)14-17-5-1-2-6-17)34-21(33-22)13-16-9-11-19(12-10-16)32-25(38)27(29,30)31/h3-4,7-12,17H,1-2,5-6,13-15H2,(H,32,38)(H,33,34). The predicted molar refractivity (Wildman–Crippen MR) is 136 cm³/mol. The number of fused-ring (bicyclic) bond motifs is 1. The van der Waals surface area contributed by atoms with Gasteiger partial charge in [-0.15, -0.1) is 0 Å². The van der Waals surface area contributed by atoms with Crippen molar-refractivity contribution in [2.45, 2.75) is 51.4 Å². The van der Waals surface area contributed by atoms with Crippen LogP contribution in [0.15, 0.2) is 58.1 Å². The second-order valence-corrected chi connectivity index (χ2v) is 9.73. The maximum absolute atomic E-state index is 14.4. The molecule has 2 aromatic heterocycles. The molecule has 5 rings (SSSR count). The molecule has 2 aromatic carbocycles. The van der Waals surface area contributed by atoms with Crippen LogP contribution < -0.4 is 16.6 Å². The first kappa shape index (κ1) is 26.4. The zero-order chi connectivity index (χ0) is 27.7. The number of benzene rings is 2. The molecule has 8 nitrogen and oxygen atoms in total. The van der Waals surface area contributed by atoms with Gasteiger partial charge < -0.3 is 10.3 Å². The first-order valence-electron chi connectivity index (χ1n) is 12.5. The quantitative estimate of drug-likeness (QED) is 0.339. The lowest BCUT2D eigenvalue weighted by atomic mass is 10.1. The Kier molecular flexibility index (Phi) is 7.11. The summed E-state index contributed by atoms with van der Waals surface area (Å²) < 4.78 is 54.3. The van der Waals surface area contributed by atoms with Gasteiger partial charge in [-0.25, -0.2) is 14.2 Å². The summed E-state index contributed by atoms with van der Waals surface area (Å²) in [5.74, 6) is -1.96. The van der Waals surface area contributed by atoms with Gasteiger partial charge in [0.1, 0.15) is 17.2 Å². The van der Waals surface area contributed by atoms with Crippen molar-refractivity contribution in [3.63, 3.8) is 0 Å². The average Bonchev–Trinajstić information content (AvgIpc) is 3.56. The first-order chi connectivity index (χ1) is 18.6. The monoisotopic (exact) mass is 543 g/mol. The number of anilines is 1. The molecule has 0 atom stereocenters. The molecular weight excluding hydrogens is 518 g/mol. The minimum Gasteiger partial charge on any atom is -0.336 e. The summed E-state index contributed by atoms with van der Waals surface area (Å²) in [5.41, 5.74) is -0.0162. The largest absolute Gasteiger partial charge is 0.471 e. The molecule has 1 aliphatic carbocycles. The lowest BCUT2D eigenvalue weighted by Crippen LogP contribution is -2.41. The highest BCUT2D eigenvalue weighted by atomic mass is 19.4. The maximum Gasteiger partial charge on any atom is 0.471 e. The zero-order valence-corrected chi connectivity index (χ0v) is 20.7. The first-order valence-corrected chi connectivity index (χ1v) is 12.5. The van der Waals surface area contributed by atoms with Crippen molar-refractivity contribution in [3.8, 4) is 0 Å². The fraction of sp³-hybridized carbons (Fsp3) is 0.333. The molecule has 0 spiro atoms. The topological polar surface area (TPSA) is 102 Å². The number of carbonyl (C=O) groups excluding carboxylic acids is 1. The summed E-state index contributed by atoms with van der Waals surface area (Å²) in [4.78, 5) is 45.6. The molecule has 1 amide bonds. The summed E-state index contributed by atoms with van der Waals surface area (Å²) in [6.07, 6.45) is -0.790. The average molecular weight is 544 g/mol. The fourth-order valence-electron chi connectivity index (χ4n) is 4.95. The van der Waals surface area contributed by atoms with Crippen molar-refractivity contribution >= 4 is 22.8 Å². The van der Waals surface area contributed by atoms with Crippen LogP contribution in [-0.4, -0.2) is 31.2 Å². The number of rotatable bonds is 7. The van der Waals surface area contributed by atoms with E-state index in [-0.39, 0.29) is 41.3 Å². The van der Waals surface area contributed by atoms with Crippen LogP contribution in [0.1, 0.15) is 42.6 Å². The third-order valence-electron chi connectivity index (χ3n) is 6.95. The molecule has 0 unspecified atom stereocenters. The van der Waals surface area contributed by atoms with Gasteiger partial charge in [-0.3, -0.25) is 18.7 Å². The second-order valence-electron chi connectivity index (χ2n) is 9.73. The van der Waals surface area contributed by atoms with Crippen molar-refractivity contribution in [3.05, 3.63) is 92.1 Å². The van der Waals surface area contributed by atoms with Crippen LogP contribution in [0.2, 0.25) is 0 Å². The number of halogens is 4. The minimum atomic E-state index is -5.00. The normalized spacial score (nSPS) is 14.3. The highest BCUT2D eigenvalue weighted by Crippen LogP contribution is 2.26. The van der Waals surface area contributed by atoms with E-state index in [0.717, 1.165) is 30.3 Å². The smallest absolute Gasteiger partial charge is 0.336 e. The summed E-state index contributed by atoms with van der Waals surface area (Å²) in [5, 5.41) is 1.78. The van der Waals surface area contributed by atoms with E-state index in [1.165, 1.54) is 47.0 Å². The van der Waals surface area contributed by atoms with E-state index >= 15 is 0 Å². The third kappa shape index (κ3) is 5.64. The van der Waals surface area contributed by atoms with Crippen LogP contribution in [0.3, 0.4) is 0 Å². The van der Waals surface area contributed by atoms with Crippen LogP contribution >= 0.6 is 0 Å². The molecule has 0 aliphatic heterocycles. The summed E-state index contributed by atoms with van der Waals surface area (Å²) >= 11 is 0. The summed E-state index contributed by atoms with van der Waals surface area (Å²) in [6, 6.07) is 11.7. The van der Waals surface area contributed by atoms with Gasteiger partial charge in [0.15, 0.2) is 5.65 Å². The Labute approximate surface area is 219 Å². The van der Waals surface area contributed by atoms with Gasteiger partial charge in [0.2, 0.25) is 0 Å². The third-order valence-corrected chi connectivity index (χ3v) is 6.95. The van der Waals surface area contributed by atoms with Crippen molar-refractivity contribution in [1.82, 2.24) is 19.1 Å². The van der Waals surface area contributed by atoms with E-state index in [1.807, 2.05) is 0 Å². The molecule has 1 saturated carbocycles. The fourth-order valence-corrected chi connectivity index (χ4v) is 4.95. The number of nitrogens with zero attached hydrogens (tertiary/aromatic N) is 3. The van der Waals surface area contributed by atoms with E-state index in [1.54, 1.807) is 11.4 Å². The van der Waals surface area contributed by atoms with Gasteiger partial charge in [-0.2, -0.15) is 13.2 Å². The summed E-state index contributed by atoms with van der Waals surface area (Å²) in [6.45, 7) is 0.148. The van der Waals surface area contributed by atoms with E-state index in [2.05, 4.69) is 9.97 Å². The lowest BCUT2D eigenvalue weighted by molar-refractivity contribution is -0.167. The number of aromatic amines is 1. The number of imidazole rings is 1. The molecule has 2 heterocycles. The van der Waals surface area contributed by atoms with Crippen molar-refractivity contribution < 1.29 is 22.4 Å². The van der Waals surface area contributed by atoms with Crippen molar-refractivity contribution in [2.75, 3.05) is 5.32 Å². The molecular formula is C27H25F4N5O3. The van der Waals surface area contributed by atoms with Crippen molar-refractivity contribution in [1.29, 1.82) is 0 Å². The molecule has 204 valence electrons. The predicted octanol–water partition coefficient (Wildman–Crippen LogP) is 4.36. The van der Waals surface area contributed by atoms with Crippen LogP contribution in [0.4, 0.5) is 23.2 Å². The van der Waals surface area contributed by atoms with Gasteiger partial charge in [0.25, 0.3) is 5.56 Å². The summed E-state index contributed by atoms with van der Waals surface area (Å²) in [7, 11) is 0. The number of hydrogen-bond donors (Lipinski definition) is 2. The number of amides is 1. The number of carbonyl (C=O) groups is 1. The van der Waals surface area contributed by atoms with Gasteiger partial charge in [-0.1, -0.05) is 43.2 Å². The van der Waals surface area contributed by atoms with Gasteiger partial charge >= 0.3 is 17.8 Å². The van der Waals surface area contributed by atoms with Crippen LogP contribution in [-0.2, 0) is 24.3 Å². The van der Waals surface area contributed by atoms with Gasteiger partial charge in [-0.05, 0) is 42.5 Å². The Morgan fingerprint density at radius 3 is 2.38 bits per heavy atom. The Morgan fingerprint density at radius 2 is 1.72 bits per heavy atom. The molecule has 0 bridgehead atoms.